The third-order valence-corrected chi connectivity index (χ3v) is 2.20. The number of pyridine rings is 1. The van der Waals surface area contributed by atoms with Gasteiger partial charge < -0.3 is 15.4 Å². The summed E-state index contributed by atoms with van der Waals surface area (Å²) in [6.45, 7) is 7.48. The first kappa shape index (κ1) is 15.9. The number of alkyl carbamates (subject to hydrolysis) is 1. The fourth-order valence-corrected chi connectivity index (χ4v) is 1.34. The van der Waals surface area contributed by atoms with Crippen molar-refractivity contribution >= 4 is 17.8 Å². The fraction of sp³-hybridized carbons (Fsp3) is 0.500. The van der Waals surface area contributed by atoms with Crippen molar-refractivity contribution in [2.45, 2.75) is 39.7 Å². The van der Waals surface area contributed by atoms with Gasteiger partial charge in [-0.25, -0.2) is 9.78 Å². The van der Waals surface area contributed by atoms with Crippen molar-refractivity contribution in [3.63, 3.8) is 0 Å². The Kier molecular flexibility index (Phi) is 5.49. The number of anilines is 1. The van der Waals surface area contributed by atoms with E-state index in [9.17, 15) is 9.59 Å². The molecule has 20 heavy (non-hydrogen) atoms. The highest BCUT2D eigenvalue weighted by Crippen LogP contribution is 2.06. The number of hydrogen-bond donors (Lipinski definition) is 2. The zero-order valence-electron chi connectivity index (χ0n) is 12.3. The molecule has 1 aromatic heterocycles. The van der Waals surface area contributed by atoms with E-state index in [4.69, 9.17) is 4.74 Å². The topological polar surface area (TPSA) is 80.3 Å². The Morgan fingerprint density at radius 2 is 2.00 bits per heavy atom. The quantitative estimate of drug-likeness (QED) is 0.885. The highest BCUT2D eigenvalue weighted by molar-refractivity contribution is 5.90. The van der Waals surface area contributed by atoms with Crippen LogP contribution in [0.4, 0.5) is 10.6 Å². The van der Waals surface area contributed by atoms with Gasteiger partial charge in [0.25, 0.3) is 0 Å². The van der Waals surface area contributed by atoms with Crippen LogP contribution in [0.1, 0.15) is 32.8 Å². The molecule has 0 aromatic carbocycles. The average molecular weight is 279 g/mol. The number of ether oxygens (including phenoxy) is 1. The van der Waals surface area contributed by atoms with Crippen LogP contribution in [0.5, 0.6) is 0 Å². The van der Waals surface area contributed by atoms with Crippen LogP contribution in [0, 0.1) is 6.92 Å². The average Bonchev–Trinajstić information content (AvgIpc) is 2.29. The number of aromatic nitrogens is 1. The van der Waals surface area contributed by atoms with Gasteiger partial charge in [0.1, 0.15) is 11.4 Å². The number of aryl methyl sites for hydroxylation is 1. The number of amides is 2. The molecular weight excluding hydrogens is 258 g/mol. The van der Waals surface area contributed by atoms with E-state index in [1.807, 2.05) is 13.0 Å². The van der Waals surface area contributed by atoms with E-state index in [1.54, 1.807) is 33.0 Å². The molecule has 6 heteroatoms. The van der Waals surface area contributed by atoms with Gasteiger partial charge in [-0.2, -0.15) is 0 Å². The van der Waals surface area contributed by atoms with Crippen LogP contribution >= 0.6 is 0 Å². The van der Waals surface area contributed by atoms with Gasteiger partial charge >= 0.3 is 6.09 Å². The predicted molar refractivity (Wildman–Crippen MR) is 76.5 cm³/mol. The van der Waals surface area contributed by atoms with Crippen LogP contribution in [0.2, 0.25) is 0 Å². The van der Waals surface area contributed by atoms with Crippen LogP contribution < -0.4 is 10.6 Å². The summed E-state index contributed by atoms with van der Waals surface area (Å²) in [5.41, 5.74) is 0.479. The molecule has 2 N–H and O–H groups in total. The molecule has 0 saturated carbocycles. The second kappa shape index (κ2) is 6.88. The zero-order chi connectivity index (χ0) is 15.2. The number of nitrogens with zero attached hydrogens (tertiary/aromatic N) is 1. The lowest BCUT2D eigenvalue weighted by molar-refractivity contribution is -0.116. The van der Waals surface area contributed by atoms with Gasteiger partial charge in [-0.05, 0) is 39.3 Å². The second-order valence-electron chi connectivity index (χ2n) is 5.45. The van der Waals surface area contributed by atoms with Crippen LogP contribution in [-0.4, -0.2) is 29.1 Å². The Hall–Kier alpha value is -2.11. The van der Waals surface area contributed by atoms with E-state index in [0.717, 1.165) is 5.56 Å². The third-order valence-electron chi connectivity index (χ3n) is 2.20. The number of carbonyl (C=O) groups is 2. The van der Waals surface area contributed by atoms with Crippen LogP contribution in [-0.2, 0) is 9.53 Å². The molecular formula is C14H21N3O3. The van der Waals surface area contributed by atoms with E-state index < -0.39 is 11.7 Å². The minimum absolute atomic E-state index is 0.162. The maximum atomic E-state index is 11.6. The Balaban J connectivity index is 2.27. The molecule has 110 valence electrons. The molecule has 0 aliphatic rings. The third kappa shape index (κ3) is 6.72. The first-order valence-electron chi connectivity index (χ1n) is 6.45. The van der Waals surface area contributed by atoms with Crippen molar-refractivity contribution in [3.8, 4) is 0 Å². The van der Waals surface area contributed by atoms with Crippen molar-refractivity contribution in [1.82, 2.24) is 10.3 Å². The summed E-state index contributed by atoms with van der Waals surface area (Å²) < 4.78 is 5.06. The van der Waals surface area contributed by atoms with E-state index in [-0.39, 0.29) is 18.9 Å². The molecule has 0 saturated heterocycles. The Bertz CT molecular complexity index is 464. The van der Waals surface area contributed by atoms with E-state index in [1.165, 1.54) is 0 Å². The summed E-state index contributed by atoms with van der Waals surface area (Å²) in [4.78, 5) is 27.0. The van der Waals surface area contributed by atoms with Crippen molar-refractivity contribution in [3.05, 3.63) is 23.9 Å². The van der Waals surface area contributed by atoms with Crippen LogP contribution in [0.25, 0.3) is 0 Å². The molecule has 0 bridgehead atoms. The van der Waals surface area contributed by atoms with Gasteiger partial charge in [-0.15, -0.1) is 0 Å². The highest BCUT2D eigenvalue weighted by atomic mass is 16.6. The molecule has 0 aliphatic heterocycles. The second-order valence-corrected chi connectivity index (χ2v) is 5.45. The van der Waals surface area contributed by atoms with Crippen LogP contribution in [0.3, 0.4) is 0 Å². The maximum absolute atomic E-state index is 11.6. The molecule has 2 amide bonds. The highest BCUT2D eigenvalue weighted by Gasteiger charge is 2.15. The lowest BCUT2D eigenvalue weighted by Gasteiger charge is -2.19. The molecule has 0 radical (unpaired) electrons. The summed E-state index contributed by atoms with van der Waals surface area (Å²) in [6.07, 6.45) is 1.31. The molecule has 1 rings (SSSR count). The number of rotatable bonds is 4. The summed E-state index contributed by atoms with van der Waals surface area (Å²) in [5.74, 6) is 0.287. The molecule has 0 spiro atoms. The van der Waals surface area contributed by atoms with E-state index in [2.05, 4.69) is 15.6 Å². The maximum Gasteiger partial charge on any atom is 0.407 e. The predicted octanol–water partition coefficient (Wildman–Crippen LogP) is 2.24. The number of carbonyl (C=O) groups excluding carboxylic acids is 2. The molecule has 0 aliphatic carbocycles. The minimum Gasteiger partial charge on any atom is -0.444 e. The Labute approximate surface area is 118 Å². The summed E-state index contributed by atoms with van der Waals surface area (Å²) in [6, 6.07) is 3.59. The molecule has 0 unspecified atom stereocenters. The molecule has 0 atom stereocenters. The smallest absolute Gasteiger partial charge is 0.407 e. The van der Waals surface area contributed by atoms with Gasteiger partial charge in [-0.3, -0.25) is 4.79 Å². The van der Waals surface area contributed by atoms with Crippen molar-refractivity contribution in [1.29, 1.82) is 0 Å². The van der Waals surface area contributed by atoms with Crippen molar-refractivity contribution in [2.24, 2.45) is 0 Å². The standard InChI is InChI=1S/C14H21N3O3/c1-10-5-6-11(16-9-10)17-12(18)7-8-15-13(19)20-14(2,3)4/h5-6,9H,7-8H2,1-4H3,(H,15,19)(H,16,17,18). The Morgan fingerprint density at radius 1 is 1.30 bits per heavy atom. The fourth-order valence-electron chi connectivity index (χ4n) is 1.34. The molecule has 0 fully saturated rings. The van der Waals surface area contributed by atoms with Gasteiger partial charge in [0.15, 0.2) is 0 Å². The van der Waals surface area contributed by atoms with Gasteiger partial charge in [-0.1, -0.05) is 6.07 Å². The van der Waals surface area contributed by atoms with Crippen molar-refractivity contribution < 1.29 is 14.3 Å². The first-order valence-corrected chi connectivity index (χ1v) is 6.45. The normalized spacial score (nSPS) is 10.8. The Morgan fingerprint density at radius 3 is 2.55 bits per heavy atom. The summed E-state index contributed by atoms with van der Waals surface area (Å²) in [7, 11) is 0. The van der Waals surface area contributed by atoms with E-state index >= 15 is 0 Å². The first-order chi connectivity index (χ1) is 9.26. The van der Waals surface area contributed by atoms with Crippen molar-refractivity contribution in [2.75, 3.05) is 11.9 Å². The van der Waals surface area contributed by atoms with Gasteiger partial charge in [0, 0.05) is 19.2 Å². The summed E-state index contributed by atoms with van der Waals surface area (Å²) >= 11 is 0. The lowest BCUT2D eigenvalue weighted by Crippen LogP contribution is -2.34. The van der Waals surface area contributed by atoms with Gasteiger partial charge in [0.05, 0.1) is 0 Å². The SMILES string of the molecule is Cc1ccc(NC(=O)CCNC(=O)OC(C)(C)C)nc1. The monoisotopic (exact) mass is 279 g/mol. The lowest BCUT2D eigenvalue weighted by atomic mass is 10.2. The molecule has 1 aromatic rings. The van der Waals surface area contributed by atoms with Gasteiger partial charge in [0.2, 0.25) is 5.91 Å². The number of nitrogens with one attached hydrogen (secondary N) is 2. The zero-order valence-corrected chi connectivity index (χ0v) is 12.3. The van der Waals surface area contributed by atoms with E-state index in [0.29, 0.717) is 5.82 Å². The minimum atomic E-state index is -0.543. The largest absolute Gasteiger partial charge is 0.444 e. The summed E-state index contributed by atoms with van der Waals surface area (Å²) in [5, 5.41) is 5.17. The molecule has 1 heterocycles. The van der Waals surface area contributed by atoms with Crippen LogP contribution in [0.15, 0.2) is 18.3 Å². The number of hydrogen-bond acceptors (Lipinski definition) is 4. The molecule has 6 nitrogen and oxygen atoms in total.